The van der Waals surface area contributed by atoms with E-state index in [0.29, 0.717) is 24.2 Å². The van der Waals surface area contributed by atoms with Gasteiger partial charge in [-0.25, -0.2) is 9.59 Å². The molecule has 0 aliphatic rings. The monoisotopic (exact) mass is 339 g/mol. The third-order valence-electron chi connectivity index (χ3n) is 3.62. The Morgan fingerprint density at radius 1 is 1.04 bits per heavy atom. The summed E-state index contributed by atoms with van der Waals surface area (Å²) in [4.78, 5) is 36.2. The van der Waals surface area contributed by atoms with Crippen LogP contribution < -0.4 is 0 Å². The lowest BCUT2D eigenvalue weighted by Gasteiger charge is -2.18. The highest BCUT2D eigenvalue weighted by Crippen LogP contribution is 2.27. The minimum atomic E-state index is -0.730. The van der Waals surface area contributed by atoms with E-state index >= 15 is 0 Å². The number of ether oxygens (including phenoxy) is 3. The third-order valence-corrected chi connectivity index (χ3v) is 3.62. The van der Waals surface area contributed by atoms with Gasteiger partial charge in [-0.1, -0.05) is 0 Å². The van der Waals surface area contributed by atoms with Crippen LogP contribution in [0.1, 0.15) is 58.9 Å². The van der Waals surface area contributed by atoms with E-state index in [4.69, 9.17) is 14.2 Å². The minimum absolute atomic E-state index is 0.101. The molecule has 1 aromatic rings. The van der Waals surface area contributed by atoms with Crippen molar-refractivity contribution in [1.82, 2.24) is 4.57 Å². The predicted molar refractivity (Wildman–Crippen MR) is 87.4 cm³/mol. The van der Waals surface area contributed by atoms with Gasteiger partial charge < -0.3 is 23.6 Å². The Balaban J connectivity index is 3.52. The molecule has 0 saturated heterocycles. The molecular weight excluding hydrogens is 314 g/mol. The summed E-state index contributed by atoms with van der Waals surface area (Å²) in [7, 11) is 0. The van der Waals surface area contributed by atoms with E-state index in [1.54, 1.807) is 27.7 Å². The van der Waals surface area contributed by atoms with Gasteiger partial charge in [0, 0.05) is 12.3 Å². The number of hydrogen-bond acceptors (Lipinski definition) is 6. The normalized spacial score (nSPS) is 11.9. The maximum atomic E-state index is 12.4. The molecule has 0 saturated carbocycles. The Morgan fingerprint density at radius 3 is 2.12 bits per heavy atom. The zero-order valence-electron chi connectivity index (χ0n) is 14.9. The highest BCUT2D eigenvalue weighted by Gasteiger charge is 2.31. The van der Waals surface area contributed by atoms with Gasteiger partial charge in [-0.15, -0.1) is 0 Å². The minimum Gasteiger partial charge on any atom is -0.462 e. The van der Waals surface area contributed by atoms with Crippen LogP contribution >= 0.6 is 0 Å². The second-order valence-electron chi connectivity index (χ2n) is 5.11. The van der Waals surface area contributed by atoms with Crippen molar-refractivity contribution in [1.29, 1.82) is 0 Å². The standard InChI is InChI=1S/C17H25NO6/c1-6-22-10-13(9-19)18-12(5)14(16(20)23-7-2)11(4)15(18)17(21)24-8-3/h9,13H,6-8,10H2,1-5H3. The van der Waals surface area contributed by atoms with Gasteiger partial charge in [0.25, 0.3) is 0 Å². The molecule has 0 amide bonds. The lowest BCUT2D eigenvalue weighted by atomic mass is 10.1. The number of esters is 2. The first-order chi connectivity index (χ1) is 11.4. The lowest BCUT2D eigenvalue weighted by molar-refractivity contribution is -0.112. The van der Waals surface area contributed by atoms with Crippen LogP contribution in [-0.4, -0.2) is 49.2 Å². The quantitative estimate of drug-likeness (QED) is 0.507. The number of aromatic nitrogens is 1. The van der Waals surface area contributed by atoms with Crippen LogP contribution in [-0.2, 0) is 19.0 Å². The van der Waals surface area contributed by atoms with E-state index in [1.165, 1.54) is 4.57 Å². The van der Waals surface area contributed by atoms with E-state index in [0.717, 1.165) is 0 Å². The molecule has 1 atom stereocenters. The summed E-state index contributed by atoms with van der Waals surface area (Å²) in [5.74, 6) is -1.12. The largest absolute Gasteiger partial charge is 0.462 e. The molecule has 0 aromatic carbocycles. The molecule has 1 aromatic heterocycles. The van der Waals surface area contributed by atoms with Gasteiger partial charge in [0.15, 0.2) is 0 Å². The molecule has 0 spiro atoms. The highest BCUT2D eigenvalue weighted by molar-refractivity contribution is 5.99. The van der Waals surface area contributed by atoms with Crippen molar-refractivity contribution in [3.8, 4) is 0 Å². The van der Waals surface area contributed by atoms with Gasteiger partial charge in [-0.3, -0.25) is 0 Å². The molecule has 0 aliphatic heterocycles. The average Bonchev–Trinajstić information content (AvgIpc) is 2.80. The van der Waals surface area contributed by atoms with Gasteiger partial charge in [-0.2, -0.15) is 0 Å². The maximum Gasteiger partial charge on any atom is 0.355 e. The van der Waals surface area contributed by atoms with E-state index < -0.39 is 18.0 Å². The topological polar surface area (TPSA) is 83.8 Å². The summed E-state index contributed by atoms with van der Waals surface area (Å²) in [6, 6.07) is -0.730. The molecule has 24 heavy (non-hydrogen) atoms. The van der Waals surface area contributed by atoms with Crippen LogP contribution in [0, 0.1) is 13.8 Å². The molecule has 7 nitrogen and oxygen atoms in total. The number of hydrogen-bond donors (Lipinski definition) is 0. The van der Waals surface area contributed by atoms with Crippen LogP contribution in [0.5, 0.6) is 0 Å². The first-order valence-electron chi connectivity index (χ1n) is 8.03. The maximum absolute atomic E-state index is 12.4. The predicted octanol–water partition coefficient (Wildman–Crippen LogP) is 2.23. The molecule has 0 N–H and O–H groups in total. The number of rotatable bonds is 9. The lowest BCUT2D eigenvalue weighted by Crippen LogP contribution is -2.23. The summed E-state index contributed by atoms with van der Waals surface area (Å²) in [5, 5.41) is 0. The van der Waals surface area contributed by atoms with E-state index in [9.17, 15) is 14.4 Å². The van der Waals surface area contributed by atoms with Crippen molar-refractivity contribution >= 4 is 18.2 Å². The number of carbonyl (C=O) groups excluding carboxylic acids is 3. The summed E-state index contributed by atoms with van der Waals surface area (Å²) >= 11 is 0. The summed E-state index contributed by atoms with van der Waals surface area (Å²) in [6.45, 7) is 9.46. The molecule has 0 fully saturated rings. The molecule has 1 heterocycles. The number of carbonyl (C=O) groups is 3. The zero-order chi connectivity index (χ0) is 18.3. The molecule has 0 radical (unpaired) electrons. The fraction of sp³-hybridized carbons (Fsp3) is 0.588. The van der Waals surface area contributed by atoms with Crippen LogP contribution in [0.2, 0.25) is 0 Å². The van der Waals surface area contributed by atoms with Crippen molar-refractivity contribution in [2.45, 2.75) is 40.7 Å². The fourth-order valence-corrected chi connectivity index (χ4v) is 2.64. The van der Waals surface area contributed by atoms with Crippen molar-refractivity contribution in [2.24, 2.45) is 0 Å². The molecule has 0 bridgehead atoms. The second-order valence-corrected chi connectivity index (χ2v) is 5.11. The first kappa shape index (κ1) is 19.9. The summed E-state index contributed by atoms with van der Waals surface area (Å²) in [5.41, 5.74) is 1.37. The number of nitrogens with zero attached hydrogens (tertiary/aromatic N) is 1. The highest BCUT2D eigenvalue weighted by atomic mass is 16.5. The fourth-order valence-electron chi connectivity index (χ4n) is 2.64. The molecule has 7 heteroatoms. The van der Waals surface area contributed by atoms with Crippen LogP contribution in [0.3, 0.4) is 0 Å². The van der Waals surface area contributed by atoms with E-state index in [2.05, 4.69) is 0 Å². The third kappa shape index (κ3) is 4.03. The molecular formula is C17H25NO6. The smallest absolute Gasteiger partial charge is 0.355 e. The Bertz CT molecular complexity index is 605. The SMILES string of the molecule is CCOCC(C=O)n1c(C)c(C(=O)OCC)c(C)c1C(=O)OCC. The Kier molecular flexibility index (Phi) is 7.64. The Labute approximate surface area is 141 Å². The van der Waals surface area contributed by atoms with Gasteiger partial charge in [0.2, 0.25) is 0 Å². The van der Waals surface area contributed by atoms with Crippen LogP contribution in [0.4, 0.5) is 0 Å². The van der Waals surface area contributed by atoms with Crippen molar-refractivity contribution in [3.05, 3.63) is 22.5 Å². The summed E-state index contributed by atoms with van der Waals surface area (Å²) < 4.78 is 17.0. The van der Waals surface area contributed by atoms with Gasteiger partial charge in [0.05, 0.1) is 25.4 Å². The Morgan fingerprint density at radius 2 is 1.62 bits per heavy atom. The molecule has 1 rings (SSSR count). The zero-order valence-corrected chi connectivity index (χ0v) is 14.9. The molecule has 1 unspecified atom stereocenters. The van der Waals surface area contributed by atoms with E-state index in [1.807, 2.05) is 6.92 Å². The molecule has 134 valence electrons. The van der Waals surface area contributed by atoms with E-state index in [-0.39, 0.29) is 31.1 Å². The second kappa shape index (κ2) is 9.22. The van der Waals surface area contributed by atoms with Crippen LogP contribution in [0.15, 0.2) is 0 Å². The van der Waals surface area contributed by atoms with Crippen molar-refractivity contribution in [3.63, 3.8) is 0 Å². The first-order valence-corrected chi connectivity index (χ1v) is 8.03. The Hall–Kier alpha value is -2.15. The average molecular weight is 339 g/mol. The summed E-state index contributed by atoms with van der Waals surface area (Å²) in [6.07, 6.45) is 0.694. The van der Waals surface area contributed by atoms with Crippen molar-refractivity contribution in [2.75, 3.05) is 26.4 Å². The van der Waals surface area contributed by atoms with Gasteiger partial charge >= 0.3 is 11.9 Å². The van der Waals surface area contributed by atoms with Gasteiger partial charge in [-0.05, 0) is 40.2 Å². The number of aldehydes is 1. The van der Waals surface area contributed by atoms with Crippen LogP contribution in [0.25, 0.3) is 0 Å². The molecule has 0 aliphatic carbocycles. The van der Waals surface area contributed by atoms with Gasteiger partial charge in [0.1, 0.15) is 18.0 Å². The van der Waals surface area contributed by atoms with Crippen molar-refractivity contribution < 1.29 is 28.6 Å².